The van der Waals surface area contributed by atoms with Gasteiger partial charge in [0.15, 0.2) is 5.82 Å². The standard InChI is InChI=1S/C23H35N5O3/c1-5-7-8-12-15-27(17-29-3)22-24-21(20-13-10-9-11-14-20)25-23(26-22)28(18-30-4)19-31-16-6-2/h5,9-11,13-14H,1,6-8,12,15-19H2,2-4H3. The molecule has 2 aromatic rings. The molecule has 0 bridgehead atoms. The number of anilines is 2. The predicted octanol–water partition coefficient (Wildman–Crippen LogP) is 4.10. The highest BCUT2D eigenvalue weighted by Gasteiger charge is 2.18. The van der Waals surface area contributed by atoms with Gasteiger partial charge in [0.2, 0.25) is 11.9 Å². The van der Waals surface area contributed by atoms with Gasteiger partial charge in [0.1, 0.15) is 20.2 Å². The molecule has 0 aliphatic carbocycles. The third kappa shape index (κ3) is 8.24. The Morgan fingerprint density at radius 3 is 2.23 bits per heavy atom. The van der Waals surface area contributed by atoms with Crippen molar-refractivity contribution in [1.29, 1.82) is 0 Å². The van der Waals surface area contributed by atoms with E-state index in [0.717, 1.165) is 37.8 Å². The molecule has 31 heavy (non-hydrogen) atoms. The lowest BCUT2D eigenvalue weighted by Crippen LogP contribution is -2.33. The van der Waals surface area contributed by atoms with Crippen molar-refractivity contribution in [3.8, 4) is 11.4 Å². The number of rotatable bonds is 16. The third-order valence-corrected chi connectivity index (χ3v) is 4.46. The number of nitrogens with zero attached hydrogens (tertiary/aromatic N) is 5. The summed E-state index contributed by atoms with van der Waals surface area (Å²) >= 11 is 0. The summed E-state index contributed by atoms with van der Waals surface area (Å²) in [6.07, 6.45) is 5.89. The lowest BCUT2D eigenvalue weighted by Gasteiger charge is -2.25. The van der Waals surface area contributed by atoms with Crippen LogP contribution in [-0.4, -0.2) is 62.5 Å². The Morgan fingerprint density at radius 2 is 1.58 bits per heavy atom. The monoisotopic (exact) mass is 429 g/mol. The molecule has 0 amide bonds. The smallest absolute Gasteiger partial charge is 0.234 e. The number of benzene rings is 1. The Hall–Kier alpha value is -2.55. The van der Waals surface area contributed by atoms with Crippen molar-refractivity contribution in [2.75, 3.05) is 57.4 Å². The van der Waals surface area contributed by atoms with Gasteiger partial charge in [-0.2, -0.15) is 15.0 Å². The van der Waals surface area contributed by atoms with E-state index >= 15 is 0 Å². The number of hydrogen-bond acceptors (Lipinski definition) is 8. The average molecular weight is 430 g/mol. The maximum absolute atomic E-state index is 5.73. The quantitative estimate of drug-likeness (QED) is 0.224. The first kappa shape index (κ1) is 24.7. The Balaban J connectivity index is 2.39. The topological polar surface area (TPSA) is 72.8 Å². The zero-order valence-corrected chi connectivity index (χ0v) is 19.0. The molecule has 0 N–H and O–H groups in total. The number of unbranched alkanes of at least 4 members (excludes halogenated alkanes) is 2. The van der Waals surface area contributed by atoms with Crippen LogP contribution in [0.2, 0.25) is 0 Å². The minimum atomic E-state index is 0.311. The highest BCUT2D eigenvalue weighted by atomic mass is 16.5. The highest BCUT2D eigenvalue weighted by Crippen LogP contribution is 2.22. The van der Waals surface area contributed by atoms with Crippen molar-refractivity contribution in [2.45, 2.75) is 32.6 Å². The summed E-state index contributed by atoms with van der Waals surface area (Å²) in [5, 5.41) is 0. The third-order valence-electron chi connectivity index (χ3n) is 4.46. The number of hydrogen-bond donors (Lipinski definition) is 0. The molecular weight excluding hydrogens is 394 g/mol. The maximum Gasteiger partial charge on any atom is 0.234 e. The predicted molar refractivity (Wildman–Crippen MR) is 124 cm³/mol. The van der Waals surface area contributed by atoms with Gasteiger partial charge in [-0.25, -0.2) is 0 Å². The van der Waals surface area contributed by atoms with Crippen LogP contribution in [0.3, 0.4) is 0 Å². The molecule has 8 nitrogen and oxygen atoms in total. The Kier molecular flexibility index (Phi) is 11.5. The normalized spacial score (nSPS) is 10.8. The summed E-state index contributed by atoms with van der Waals surface area (Å²) in [5.41, 5.74) is 0.920. The van der Waals surface area contributed by atoms with Gasteiger partial charge in [0, 0.05) is 32.9 Å². The van der Waals surface area contributed by atoms with Crippen LogP contribution in [0.15, 0.2) is 43.0 Å². The number of ether oxygens (including phenoxy) is 3. The summed E-state index contributed by atoms with van der Waals surface area (Å²) in [5.74, 6) is 1.68. The van der Waals surface area contributed by atoms with Gasteiger partial charge in [0.05, 0.1) is 0 Å². The molecule has 8 heteroatoms. The Labute approximate surface area is 185 Å². The molecule has 1 heterocycles. The summed E-state index contributed by atoms with van der Waals surface area (Å²) in [6, 6.07) is 9.89. The van der Waals surface area contributed by atoms with E-state index in [0.29, 0.717) is 44.5 Å². The first-order chi connectivity index (χ1) is 15.2. The molecule has 0 saturated carbocycles. The van der Waals surface area contributed by atoms with Crippen molar-refractivity contribution < 1.29 is 14.2 Å². The van der Waals surface area contributed by atoms with Crippen molar-refractivity contribution in [2.24, 2.45) is 0 Å². The van der Waals surface area contributed by atoms with Crippen molar-refractivity contribution in [1.82, 2.24) is 15.0 Å². The van der Waals surface area contributed by atoms with Crippen LogP contribution in [0, 0.1) is 0 Å². The molecule has 0 saturated heterocycles. The minimum absolute atomic E-state index is 0.311. The fourth-order valence-electron chi connectivity index (χ4n) is 2.95. The Bertz CT molecular complexity index is 760. The van der Waals surface area contributed by atoms with E-state index in [4.69, 9.17) is 29.2 Å². The fraction of sp³-hybridized carbons (Fsp3) is 0.522. The van der Waals surface area contributed by atoms with E-state index in [1.54, 1.807) is 14.2 Å². The molecule has 0 spiro atoms. The van der Waals surface area contributed by atoms with Gasteiger partial charge in [-0.05, 0) is 25.7 Å². The lowest BCUT2D eigenvalue weighted by atomic mass is 10.2. The molecule has 1 aromatic carbocycles. The van der Waals surface area contributed by atoms with Crippen LogP contribution >= 0.6 is 0 Å². The van der Waals surface area contributed by atoms with Crippen molar-refractivity contribution >= 4 is 11.9 Å². The van der Waals surface area contributed by atoms with Crippen molar-refractivity contribution in [3.05, 3.63) is 43.0 Å². The van der Waals surface area contributed by atoms with E-state index in [1.165, 1.54) is 0 Å². The maximum atomic E-state index is 5.73. The summed E-state index contributed by atoms with van der Waals surface area (Å²) in [6.45, 7) is 8.34. The molecule has 1 aromatic heterocycles. The molecule has 2 rings (SSSR count). The summed E-state index contributed by atoms with van der Waals surface area (Å²) < 4.78 is 16.5. The minimum Gasteiger partial charge on any atom is -0.364 e. The van der Waals surface area contributed by atoms with Gasteiger partial charge in [0.25, 0.3) is 0 Å². The number of allylic oxidation sites excluding steroid dienone is 1. The van der Waals surface area contributed by atoms with E-state index in [2.05, 4.69) is 13.5 Å². The van der Waals surface area contributed by atoms with Gasteiger partial charge in [-0.15, -0.1) is 6.58 Å². The van der Waals surface area contributed by atoms with Crippen LogP contribution in [0.4, 0.5) is 11.9 Å². The largest absolute Gasteiger partial charge is 0.364 e. The molecule has 0 aliphatic heterocycles. The zero-order valence-electron chi connectivity index (χ0n) is 19.0. The number of methoxy groups -OCH3 is 2. The molecule has 0 fully saturated rings. The molecular formula is C23H35N5O3. The SMILES string of the molecule is C=CCCCCN(COC)c1nc(-c2ccccc2)nc(N(COC)COCCC)n1. The first-order valence-electron chi connectivity index (χ1n) is 10.7. The molecule has 0 radical (unpaired) electrons. The van der Waals surface area contributed by atoms with E-state index in [-0.39, 0.29) is 0 Å². The van der Waals surface area contributed by atoms with Crippen LogP contribution in [0.1, 0.15) is 32.6 Å². The second kappa shape index (κ2) is 14.5. The Morgan fingerprint density at radius 1 is 0.903 bits per heavy atom. The van der Waals surface area contributed by atoms with Crippen LogP contribution in [0.25, 0.3) is 11.4 Å². The van der Waals surface area contributed by atoms with Crippen LogP contribution < -0.4 is 9.80 Å². The van der Waals surface area contributed by atoms with Gasteiger partial charge < -0.3 is 19.1 Å². The highest BCUT2D eigenvalue weighted by molar-refractivity contribution is 5.58. The summed E-state index contributed by atoms with van der Waals surface area (Å²) in [7, 11) is 3.32. The molecule has 0 atom stereocenters. The number of aromatic nitrogens is 3. The van der Waals surface area contributed by atoms with E-state index in [9.17, 15) is 0 Å². The second-order valence-corrected chi connectivity index (χ2v) is 7.09. The average Bonchev–Trinajstić information content (AvgIpc) is 2.81. The van der Waals surface area contributed by atoms with Gasteiger partial charge >= 0.3 is 0 Å². The second-order valence-electron chi connectivity index (χ2n) is 7.09. The molecule has 0 aliphatic rings. The first-order valence-corrected chi connectivity index (χ1v) is 10.7. The molecule has 170 valence electrons. The van der Waals surface area contributed by atoms with E-state index < -0.39 is 0 Å². The van der Waals surface area contributed by atoms with Gasteiger partial charge in [-0.3, -0.25) is 4.90 Å². The summed E-state index contributed by atoms with van der Waals surface area (Å²) in [4.78, 5) is 18.1. The van der Waals surface area contributed by atoms with Crippen LogP contribution in [-0.2, 0) is 14.2 Å². The van der Waals surface area contributed by atoms with E-state index in [1.807, 2.05) is 46.2 Å². The van der Waals surface area contributed by atoms with Gasteiger partial charge in [-0.1, -0.05) is 43.3 Å². The fourth-order valence-corrected chi connectivity index (χ4v) is 2.95. The van der Waals surface area contributed by atoms with Crippen molar-refractivity contribution in [3.63, 3.8) is 0 Å². The lowest BCUT2D eigenvalue weighted by molar-refractivity contribution is 0.104. The zero-order chi connectivity index (χ0) is 22.3. The van der Waals surface area contributed by atoms with Crippen LogP contribution in [0.5, 0.6) is 0 Å². The molecule has 0 unspecified atom stereocenters.